The Hall–Kier alpha value is -1.59. The number of hydrogen-bond acceptors (Lipinski definition) is 3. The van der Waals surface area contributed by atoms with Crippen molar-refractivity contribution in [2.75, 3.05) is 6.54 Å². The van der Waals surface area contributed by atoms with Gasteiger partial charge in [-0.1, -0.05) is 18.9 Å². The monoisotopic (exact) mass is 308 g/mol. The molecule has 114 valence electrons. The van der Waals surface area contributed by atoms with Crippen molar-refractivity contribution < 1.29 is 4.79 Å². The van der Waals surface area contributed by atoms with Crippen LogP contribution in [0.1, 0.15) is 36.0 Å². The Kier molecular flexibility index (Phi) is 5.20. The van der Waals surface area contributed by atoms with Gasteiger partial charge in [-0.3, -0.25) is 4.79 Å². The molecule has 3 rings (SSSR count). The molecule has 2 atom stereocenters. The van der Waals surface area contributed by atoms with E-state index in [-0.39, 0.29) is 24.4 Å². The number of nitrogens with two attached hydrogens (primary N) is 1. The quantitative estimate of drug-likeness (QED) is 0.911. The van der Waals surface area contributed by atoms with Crippen LogP contribution < -0.4 is 11.1 Å². The molecule has 5 nitrogen and oxygen atoms in total. The van der Waals surface area contributed by atoms with Crippen LogP contribution in [0.5, 0.6) is 0 Å². The highest BCUT2D eigenvalue weighted by atomic mass is 35.5. The maximum atomic E-state index is 12.4. The predicted octanol–water partition coefficient (Wildman–Crippen LogP) is 2.00. The summed E-state index contributed by atoms with van der Waals surface area (Å²) in [6.07, 6.45) is 7.98. The molecular formula is C15H21ClN4O. The third kappa shape index (κ3) is 3.19. The van der Waals surface area contributed by atoms with Crippen molar-refractivity contribution in [1.29, 1.82) is 0 Å². The smallest absolute Gasteiger partial charge is 0.255 e. The van der Waals surface area contributed by atoms with Crippen LogP contribution in [0.15, 0.2) is 30.6 Å². The molecule has 1 amide bonds. The van der Waals surface area contributed by atoms with Crippen LogP contribution in [-0.4, -0.2) is 28.1 Å². The molecule has 1 saturated carbocycles. The number of carbonyl (C=O) groups excluding carboxylic acids is 1. The molecule has 1 fully saturated rings. The van der Waals surface area contributed by atoms with Crippen LogP contribution in [0, 0.1) is 5.92 Å². The normalized spacial score (nSPS) is 21.8. The molecule has 1 aliphatic carbocycles. The average Bonchev–Trinajstić information content (AvgIpc) is 2.92. The summed E-state index contributed by atoms with van der Waals surface area (Å²) in [7, 11) is 0. The molecule has 0 spiro atoms. The van der Waals surface area contributed by atoms with E-state index in [1.54, 1.807) is 10.7 Å². The minimum Gasteiger partial charge on any atom is -0.349 e. The number of pyridine rings is 1. The molecular weight excluding hydrogens is 288 g/mol. The summed E-state index contributed by atoms with van der Waals surface area (Å²) in [5.41, 5.74) is 7.28. The van der Waals surface area contributed by atoms with E-state index in [0.717, 1.165) is 24.8 Å². The summed E-state index contributed by atoms with van der Waals surface area (Å²) in [4.78, 5) is 12.4. The van der Waals surface area contributed by atoms with Gasteiger partial charge in [0.25, 0.3) is 5.91 Å². The number of rotatable bonds is 3. The Morgan fingerprint density at radius 3 is 3.00 bits per heavy atom. The highest BCUT2D eigenvalue weighted by Crippen LogP contribution is 2.24. The number of fused-ring (bicyclic) bond motifs is 1. The molecule has 3 N–H and O–H groups in total. The molecule has 2 unspecified atom stereocenters. The van der Waals surface area contributed by atoms with E-state index < -0.39 is 0 Å². The lowest BCUT2D eigenvalue weighted by Crippen LogP contribution is -2.44. The summed E-state index contributed by atoms with van der Waals surface area (Å²) in [6, 6.07) is 5.91. The Morgan fingerprint density at radius 1 is 1.38 bits per heavy atom. The molecule has 0 aliphatic heterocycles. The van der Waals surface area contributed by atoms with E-state index in [4.69, 9.17) is 5.73 Å². The third-order valence-electron chi connectivity index (χ3n) is 4.20. The van der Waals surface area contributed by atoms with Crippen molar-refractivity contribution in [2.45, 2.75) is 31.7 Å². The third-order valence-corrected chi connectivity index (χ3v) is 4.20. The molecule has 0 radical (unpaired) electrons. The number of halogens is 1. The van der Waals surface area contributed by atoms with Crippen molar-refractivity contribution in [3.8, 4) is 0 Å². The fourth-order valence-corrected chi connectivity index (χ4v) is 3.04. The molecule has 2 heterocycles. The van der Waals surface area contributed by atoms with Gasteiger partial charge in [0, 0.05) is 12.2 Å². The summed E-state index contributed by atoms with van der Waals surface area (Å²) >= 11 is 0. The lowest BCUT2D eigenvalue weighted by atomic mass is 9.84. The fraction of sp³-hybridized carbons (Fsp3) is 0.467. The molecule has 2 aromatic rings. The van der Waals surface area contributed by atoms with Crippen LogP contribution in [-0.2, 0) is 0 Å². The van der Waals surface area contributed by atoms with Gasteiger partial charge in [-0.15, -0.1) is 12.4 Å². The first kappa shape index (κ1) is 15.8. The molecule has 1 aliphatic rings. The highest BCUT2D eigenvalue weighted by Gasteiger charge is 2.26. The zero-order chi connectivity index (χ0) is 13.9. The van der Waals surface area contributed by atoms with Gasteiger partial charge in [0.05, 0.1) is 17.3 Å². The van der Waals surface area contributed by atoms with Crippen LogP contribution in [0.3, 0.4) is 0 Å². The predicted molar refractivity (Wildman–Crippen MR) is 84.7 cm³/mol. The second-order valence-corrected chi connectivity index (χ2v) is 5.45. The van der Waals surface area contributed by atoms with E-state index in [2.05, 4.69) is 10.4 Å². The lowest BCUT2D eigenvalue weighted by Gasteiger charge is -2.31. The zero-order valence-corrected chi connectivity index (χ0v) is 12.7. The van der Waals surface area contributed by atoms with Crippen molar-refractivity contribution in [3.63, 3.8) is 0 Å². The summed E-state index contributed by atoms with van der Waals surface area (Å²) < 4.78 is 1.72. The van der Waals surface area contributed by atoms with Crippen LogP contribution >= 0.6 is 12.4 Å². The Bertz CT molecular complexity index is 612. The largest absolute Gasteiger partial charge is 0.349 e. The van der Waals surface area contributed by atoms with Crippen LogP contribution in [0.4, 0.5) is 0 Å². The second-order valence-electron chi connectivity index (χ2n) is 5.45. The number of nitrogens with zero attached hydrogens (tertiary/aromatic N) is 2. The maximum Gasteiger partial charge on any atom is 0.255 e. The number of aromatic nitrogens is 2. The van der Waals surface area contributed by atoms with E-state index in [1.807, 2.05) is 24.4 Å². The van der Waals surface area contributed by atoms with Crippen LogP contribution in [0.25, 0.3) is 5.52 Å². The topological polar surface area (TPSA) is 72.4 Å². The summed E-state index contributed by atoms with van der Waals surface area (Å²) in [5, 5.41) is 7.35. The fourth-order valence-electron chi connectivity index (χ4n) is 3.04. The summed E-state index contributed by atoms with van der Waals surface area (Å²) in [6.45, 7) is 0.639. The Morgan fingerprint density at radius 2 is 2.19 bits per heavy atom. The number of hydrogen-bond donors (Lipinski definition) is 2. The van der Waals surface area contributed by atoms with E-state index >= 15 is 0 Å². The second kappa shape index (κ2) is 6.91. The number of amides is 1. The molecule has 21 heavy (non-hydrogen) atoms. The number of nitrogens with one attached hydrogen (secondary N) is 1. The first-order chi connectivity index (χ1) is 9.79. The van der Waals surface area contributed by atoms with Crippen molar-refractivity contribution in [1.82, 2.24) is 14.9 Å². The first-order valence-electron chi connectivity index (χ1n) is 7.23. The number of carbonyl (C=O) groups is 1. The van der Waals surface area contributed by atoms with Crippen molar-refractivity contribution >= 4 is 23.8 Å². The van der Waals surface area contributed by atoms with Gasteiger partial charge in [0.15, 0.2) is 0 Å². The Balaban J connectivity index is 0.00000161. The van der Waals surface area contributed by atoms with Crippen LogP contribution in [0.2, 0.25) is 0 Å². The van der Waals surface area contributed by atoms with E-state index in [1.165, 1.54) is 6.42 Å². The van der Waals surface area contributed by atoms with Gasteiger partial charge in [0.2, 0.25) is 0 Å². The van der Waals surface area contributed by atoms with Gasteiger partial charge >= 0.3 is 0 Å². The van der Waals surface area contributed by atoms with Gasteiger partial charge < -0.3 is 11.1 Å². The molecule has 0 bridgehead atoms. The van der Waals surface area contributed by atoms with Gasteiger partial charge in [-0.05, 0) is 37.4 Å². The van der Waals surface area contributed by atoms with Gasteiger partial charge in [-0.25, -0.2) is 4.52 Å². The molecule has 2 aromatic heterocycles. The molecule has 0 saturated heterocycles. The van der Waals surface area contributed by atoms with E-state index in [9.17, 15) is 4.79 Å². The van der Waals surface area contributed by atoms with Gasteiger partial charge in [0.1, 0.15) is 0 Å². The molecule has 6 heteroatoms. The maximum absolute atomic E-state index is 12.4. The van der Waals surface area contributed by atoms with Crippen molar-refractivity contribution in [3.05, 3.63) is 36.2 Å². The first-order valence-corrected chi connectivity index (χ1v) is 7.23. The standard InChI is InChI=1S/C15H20N4O.ClH/c16-9-11-5-1-2-6-13(11)18-15(20)12-10-17-19-8-4-3-7-14(12)19;/h3-4,7-8,10-11,13H,1-2,5-6,9,16H2,(H,18,20);1H. The summed E-state index contributed by atoms with van der Waals surface area (Å²) in [5.74, 6) is 0.353. The minimum absolute atomic E-state index is 0. The lowest BCUT2D eigenvalue weighted by molar-refractivity contribution is 0.0909. The van der Waals surface area contributed by atoms with E-state index in [0.29, 0.717) is 18.0 Å². The molecule has 0 aromatic carbocycles. The minimum atomic E-state index is -0.0449. The zero-order valence-electron chi connectivity index (χ0n) is 11.9. The average molecular weight is 309 g/mol. The SMILES string of the molecule is Cl.NCC1CCCCC1NC(=O)c1cnn2ccccc12. The van der Waals surface area contributed by atoms with Gasteiger partial charge in [-0.2, -0.15) is 5.10 Å². The Labute approximate surface area is 130 Å². The highest BCUT2D eigenvalue weighted by molar-refractivity contribution is 6.00. The van der Waals surface area contributed by atoms with Crippen molar-refractivity contribution in [2.24, 2.45) is 11.7 Å².